The molecule has 0 bridgehead atoms. The summed E-state index contributed by atoms with van der Waals surface area (Å²) in [5.41, 5.74) is -1.68. The van der Waals surface area contributed by atoms with E-state index in [4.69, 9.17) is 13.3 Å². The molecule has 0 saturated heterocycles. The summed E-state index contributed by atoms with van der Waals surface area (Å²) in [4.78, 5) is 34.0. The van der Waals surface area contributed by atoms with E-state index in [9.17, 15) is 14.4 Å². The summed E-state index contributed by atoms with van der Waals surface area (Å²) < 4.78 is 15.1. The predicted molar refractivity (Wildman–Crippen MR) is 75.3 cm³/mol. The van der Waals surface area contributed by atoms with E-state index in [0.29, 0.717) is 0 Å². The van der Waals surface area contributed by atoms with Crippen molar-refractivity contribution in [2.45, 2.75) is 61.5 Å². The van der Waals surface area contributed by atoms with Gasteiger partial charge in [0.1, 0.15) is 0 Å². The Balaban J connectivity index is 5.12. The molecule has 0 aromatic carbocycles. The molecule has 0 amide bonds. The number of hydrogen-bond donors (Lipinski definition) is 1. The summed E-state index contributed by atoms with van der Waals surface area (Å²) in [5, 5.41) is 0. The molecule has 0 heterocycles. The van der Waals surface area contributed by atoms with E-state index in [1.54, 1.807) is 55.4 Å². The van der Waals surface area contributed by atoms with Crippen LogP contribution in [-0.2, 0) is 22.9 Å². The SMILES string of the molecule is CC(C)O[Si](O)(OC(=O)C(C)(C)C)OC(=O)C(C)(C)C. The minimum atomic E-state index is -4.36. The van der Waals surface area contributed by atoms with Gasteiger partial charge in [-0.25, -0.2) is 0 Å². The van der Waals surface area contributed by atoms with Gasteiger partial charge in [0.05, 0.1) is 10.8 Å². The van der Waals surface area contributed by atoms with Crippen LogP contribution in [0.4, 0.5) is 0 Å². The van der Waals surface area contributed by atoms with Crippen LogP contribution in [0.2, 0.25) is 0 Å². The Labute approximate surface area is 121 Å². The van der Waals surface area contributed by atoms with E-state index in [-0.39, 0.29) is 0 Å². The van der Waals surface area contributed by atoms with Gasteiger partial charge in [-0.2, -0.15) is 0 Å². The molecule has 0 saturated carbocycles. The van der Waals surface area contributed by atoms with Crippen molar-refractivity contribution < 1.29 is 27.7 Å². The lowest BCUT2D eigenvalue weighted by Gasteiger charge is -2.29. The van der Waals surface area contributed by atoms with Gasteiger partial charge in [0.2, 0.25) is 0 Å². The summed E-state index contributed by atoms with van der Waals surface area (Å²) in [7, 11) is -4.36. The lowest BCUT2D eigenvalue weighted by atomic mass is 9.98. The molecule has 20 heavy (non-hydrogen) atoms. The van der Waals surface area contributed by atoms with E-state index in [1.807, 2.05) is 0 Å². The maximum atomic E-state index is 11.9. The highest BCUT2D eigenvalue weighted by Crippen LogP contribution is 2.23. The summed E-state index contributed by atoms with van der Waals surface area (Å²) >= 11 is 0. The molecule has 0 aromatic rings. The van der Waals surface area contributed by atoms with Gasteiger partial charge < -0.3 is 18.1 Å². The molecular formula is C13H26O6Si. The summed E-state index contributed by atoms with van der Waals surface area (Å²) in [6.07, 6.45) is -0.452. The van der Waals surface area contributed by atoms with Crippen LogP contribution >= 0.6 is 0 Å². The summed E-state index contributed by atoms with van der Waals surface area (Å²) in [6, 6.07) is 0. The Kier molecular flexibility index (Phi) is 5.95. The normalized spacial score (nSPS) is 13.3. The van der Waals surface area contributed by atoms with Crippen LogP contribution in [0.5, 0.6) is 0 Å². The fourth-order valence-corrected chi connectivity index (χ4v) is 2.72. The van der Waals surface area contributed by atoms with Crippen molar-refractivity contribution in [2.24, 2.45) is 10.8 Å². The number of hydrogen-bond acceptors (Lipinski definition) is 6. The third kappa shape index (κ3) is 6.49. The van der Waals surface area contributed by atoms with Crippen molar-refractivity contribution in [1.29, 1.82) is 0 Å². The molecule has 0 radical (unpaired) electrons. The van der Waals surface area contributed by atoms with Gasteiger partial charge in [0.15, 0.2) is 0 Å². The topological polar surface area (TPSA) is 82.1 Å². The monoisotopic (exact) mass is 306 g/mol. The molecule has 0 aliphatic rings. The molecule has 0 aromatic heterocycles. The molecule has 1 N–H and O–H groups in total. The third-order valence-corrected chi connectivity index (χ3v) is 3.71. The minimum absolute atomic E-state index is 0.452. The molecule has 0 atom stereocenters. The average molecular weight is 306 g/mol. The van der Waals surface area contributed by atoms with Crippen molar-refractivity contribution in [1.82, 2.24) is 0 Å². The minimum Gasteiger partial charge on any atom is -0.442 e. The second kappa shape index (κ2) is 6.24. The number of rotatable bonds is 4. The van der Waals surface area contributed by atoms with Gasteiger partial charge in [-0.1, -0.05) is 0 Å². The second-order valence-corrected chi connectivity index (χ2v) is 8.66. The largest absolute Gasteiger partial charge is 0.822 e. The first-order valence-electron chi connectivity index (χ1n) is 6.54. The van der Waals surface area contributed by atoms with Gasteiger partial charge in [0, 0.05) is 6.10 Å². The number of carbonyl (C=O) groups excluding carboxylic acids is 2. The summed E-state index contributed by atoms with van der Waals surface area (Å²) in [5.74, 6) is -1.37. The van der Waals surface area contributed by atoms with Crippen LogP contribution in [-0.4, -0.2) is 31.9 Å². The Bertz CT molecular complexity index is 336. The Morgan fingerprint density at radius 1 is 0.900 bits per heavy atom. The Morgan fingerprint density at radius 2 is 1.20 bits per heavy atom. The predicted octanol–water partition coefficient (Wildman–Crippen LogP) is 2.02. The van der Waals surface area contributed by atoms with E-state index in [0.717, 1.165) is 0 Å². The van der Waals surface area contributed by atoms with Crippen LogP contribution < -0.4 is 0 Å². The Hall–Kier alpha value is -0.923. The lowest BCUT2D eigenvalue weighted by Crippen LogP contribution is -2.53. The highest BCUT2D eigenvalue weighted by atomic mass is 28.4. The fraction of sp³-hybridized carbons (Fsp3) is 0.846. The highest BCUT2D eigenvalue weighted by Gasteiger charge is 2.54. The van der Waals surface area contributed by atoms with Gasteiger partial charge >= 0.3 is 21.0 Å². The van der Waals surface area contributed by atoms with Crippen LogP contribution in [0.3, 0.4) is 0 Å². The maximum absolute atomic E-state index is 11.9. The summed E-state index contributed by atoms with van der Waals surface area (Å²) in [6.45, 7) is 13.1. The second-order valence-electron chi connectivity index (χ2n) is 6.97. The van der Waals surface area contributed by atoms with Crippen LogP contribution in [0.15, 0.2) is 0 Å². The van der Waals surface area contributed by atoms with E-state index >= 15 is 0 Å². The van der Waals surface area contributed by atoms with E-state index in [2.05, 4.69) is 0 Å². The Morgan fingerprint density at radius 3 is 1.40 bits per heavy atom. The molecular weight excluding hydrogens is 280 g/mol. The van der Waals surface area contributed by atoms with Crippen molar-refractivity contribution in [3.63, 3.8) is 0 Å². The molecule has 7 heteroatoms. The van der Waals surface area contributed by atoms with E-state index in [1.165, 1.54) is 0 Å². The molecule has 0 fully saturated rings. The lowest BCUT2D eigenvalue weighted by molar-refractivity contribution is -0.162. The quantitative estimate of drug-likeness (QED) is 0.800. The van der Waals surface area contributed by atoms with Gasteiger partial charge in [-0.05, 0) is 55.4 Å². The zero-order valence-corrected chi connectivity index (χ0v) is 14.6. The molecule has 0 aliphatic carbocycles. The van der Waals surface area contributed by atoms with Crippen molar-refractivity contribution in [3.05, 3.63) is 0 Å². The van der Waals surface area contributed by atoms with E-state index < -0.39 is 37.9 Å². The first-order chi connectivity index (χ1) is 8.67. The van der Waals surface area contributed by atoms with Gasteiger partial charge in [-0.15, -0.1) is 0 Å². The maximum Gasteiger partial charge on any atom is 0.822 e. The molecule has 0 spiro atoms. The first-order valence-corrected chi connectivity index (χ1v) is 8.21. The third-order valence-electron chi connectivity index (χ3n) is 2.05. The zero-order valence-electron chi connectivity index (χ0n) is 13.6. The fourth-order valence-electron chi connectivity index (χ4n) is 0.907. The van der Waals surface area contributed by atoms with Gasteiger partial charge in [0.25, 0.3) is 0 Å². The molecule has 6 nitrogen and oxygen atoms in total. The number of carbonyl (C=O) groups is 2. The average Bonchev–Trinajstić information content (AvgIpc) is 2.11. The zero-order chi connectivity index (χ0) is 16.4. The van der Waals surface area contributed by atoms with Crippen LogP contribution in [0.1, 0.15) is 55.4 Å². The van der Waals surface area contributed by atoms with Crippen molar-refractivity contribution in [2.75, 3.05) is 0 Å². The molecule has 0 rings (SSSR count). The van der Waals surface area contributed by atoms with Crippen LogP contribution in [0.25, 0.3) is 0 Å². The van der Waals surface area contributed by atoms with Crippen molar-refractivity contribution >= 4 is 21.0 Å². The smallest absolute Gasteiger partial charge is 0.442 e. The molecule has 0 aliphatic heterocycles. The van der Waals surface area contributed by atoms with Crippen molar-refractivity contribution in [3.8, 4) is 0 Å². The van der Waals surface area contributed by atoms with Gasteiger partial charge in [-0.3, -0.25) is 9.59 Å². The standard InChI is InChI=1S/C13H26O6Si/c1-9(2)17-20(16,18-10(14)12(3,4)5)19-11(15)13(6,7)8/h9,16H,1-8H3. The molecule has 0 unspecified atom stereocenters. The van der Waals surface area contributed by atoms with Crippen LogP contribution in [0, 0.1) is 10.8 Å². The first kappa shape index (κ1) is 19.1. The molecule has 118 valence electrons. The highest BCUT2D eigenvalue weighted by molar-refractivity contribution is 6.56.